The molecular formula is C13H25NO2. The zero-order valence-electron chi connectivity index (χ0n) is 12.2. The van der Waals surface area contributed by atoms with Gasteiger partial charge in [0.25, 0.3) is 1.43 Å². The second-order valence-corrected chi connectivity index (χ2v) is 5.68. The smallest absolute Gasteiger partial charge is 0.306 e. The van der Waals surface area contributed by atoms with Gasteiger partial charge in [-0.3, -0.25) is 9.69 Å². The van der Waals surface area contributed by atoms with Crippen molar-refractivity contribution in [2.75, 3.05) is 7.05 Å². The van der Waals surface area contributed by atoms with Gasteiger partial charge < -0.3 is 5.11 Å². The number of nitrogens with zero attached hydrogens (tertiary/aromatic N) is 1. The van der Waals surface area contributed by atoms with Crippen molar-refractivity contribution in [1.29, 1.82) is 1.43 Å². The fraction of sp³-hybridized carbons (Fsp3) is 0.923. The van der Waals surface area contributed by atoms with Gasteiger partial charge in [0.1, 0.15) is 0 Å². The number of aliphatic carboxylic acids is 1. The van der Waals surface area contributed by atoms with Gasteiger partial charge in [-0.1, -0.05) is 13.8 Å². The van der Waals surface area contributed by atoms with Crippen molar-refractivity contribution in [3.05, 3.63) is 0 Å². The van der Waals surface area contributed by atoms with Crippen LogP contribution in [0.25, 0.3) is 1.43 Å². The Morgan fingerprint density at radius 1 is 1.38 bits per heavy atom. The fourth-order valence-electron chi connectivity index (χ4n) is 2.99. The van der Waals surface area contributed by atoms with Crippen LogP contribution in [0.5, 0.6) is 0 Å². The Balaban J connectivity index is 3.01. The summed E-state index contributed by atoms with van der Waals surface area (Å²) in [5.41, 5.74) is 0.0315. The topological polar surface area (TPSA) is 40.5 Å². The van der Waals surface area contributed by atoms with E-state index in [1.165, 1.54) is 0 Å². The highest BCUT2D eigenvalue weighted by Crippen LogP contribution is 2.43. The summed E-state index contributed by atoms with van der Waals surface area (Å²) < 4.78 is 6.81. The molecule has 0 spiro atoms. The Labute approximate surface area is 100 Å². The van der Waals surface area contributed by atoms with Crippen molar-refractivity contribution in [2.45, 2.75) is 64.5 Å². The molecule has 0 amide bonds. The highest BCUT2D eigenvalue weighted by Gasteiger charge is 2.48. The lowest BCUT2D eigenvalue weighted by atomic mass is 9.70. The molecule has 2 unspecified atom stereocenters. The molecule has 3 nitrogen and oxygen atoms in total. The minimum absolute atomic E-state index is 0.0157. The van der Waals surface area contributed by atoms with Crippen LogP contribution in [-0.4, -0.2) is 34.1 Å². The predicted octanol–water partition coefficient (Wildman–Crippen LogP) is 2.75. The SMILES string of the molecule is [3H]OC(=O)C1CC(C)(CC)N(C)C(C)(CC)C1. The standard InChI is InChI=1S/C13H25NO2/c1-6-12(3)8-10(11(15)16)9-13(4,7-2)14(12)5/h10H,6-9H2,1-5H3,(H,15,16)/i/hT. The zero-order valence-corrected chi connectivity index (χ0v) is 11.2. The Morgan fingerprint density at radius 3 is 2.12 bits per heavy atom. The number of carbonyl (C=O) groups is 1. The van der Waals surface area contributed by atoms with Gasteiger partial charge in [-0.15, -0.1) is 0 Å². The zero-order chi connectivity index (χ0) is 13.3. The first kappa shape index (κ1) is 11.9. The number of hydrogen-bond donors (Lipinski definition) is 1. The highest BCUT2D eigenvalue weighted by molar-refractivity contribution is 5.70. The van der Waals surface area contributed by atoms with Gasteiger partial charge in [0.15, 0.2) is 0 Å². The Morgan fingerprint density at radius 2 is 1.81 bits per heavy atom. The summed E-state index contributed by atoms with van der Waals surface area (Å²) in [6.07, 6.45) is 3.57. The van der Waals surface area contributed by atoms with Gasteiger partial charge in [-0.05, 0) is 46.6 Å². The van der Waals surface area contributed by atoms with Crippen LogP contribution in [0.2, 0.25) is 0 Å². The molecule has 0 aromatic carbocycles. The van der Waals surface area contributed by atoms with Crippen molar-refractivity contribution in [3.63, 3.8) is 0 Å². The molecule has 1 N–H and O–H groups in total. The Hall–Kier alpha value is -0.570. The summed E-state index contributed by atoms with van der Waals surface area (Å²) in [7, 11) is 2.15. The summed E-state index contributed by atoms with van der Waals surface area (Å²) in [4.78, 5) is 14.1. The van der Waals surface area contributed by atoms with E-state index in [2.05, 4.69) is 44.8 Å². The van der Waals surface area contributed by atoms with Gasteiger partial charge in [0.05, 0.1) is 5.92 Å². The molecule has 1 heterocycles. The van der Waals surface area contributed by atoms with E-state index in [-0.39, 0.29) is 23.0 Å². The van der Waals surface area contributed by atoms with E-state index in [1.807, 2.05) is 0 Å². The van der Waals surface area contributed by atoms with E-state index in [1.54, 1.807) is 0 Å². The van der Waals surface area contributed by atoms with Crippen LogP contribution in [0.4, 0.5) is 0 Å². The van der Waals surface area contributed by atoms with E-state index in [4.69, 9.17) is 1.43 Å². The van der Waals surface area contributed by atoms with E-state index in [0.717, 1.165) is 25.7 Å². The van der Waals surface area contributed by atoms with Crippen LogP contribution in [0.3, 0.4) is 0 Å². The summed E-state index contributed by atoms with van der Waals surface area (Å²) >= 11 is 0. The molecule has 0 bridgehead atoms. The third-order valence-electron chi connectivity index (χ3n) is 4.85. The van der Waals surface area contributed by atoms with E-state index in [9.17, 15) is 4.79 Å². The molecule has 1 fully saturated rings. The quantitative estimate of drug-likeness (QED) is 0.809. The molecule has 1 aliphatic heterocycles. The van der Waals surface area contributed by atoms with E-state index >= 15 is 0 Å². The van der Waals surface area contributed by atoms with Gasteiger partial charge in [-0.2, -0.15) is 0 Å². The third kappa shape index (κ3) is 2.10. The summed E-state index contributed by atoms with van der Waals surface area (Å²) in [6, 6.07) is 0. The van der Waals surface area contributed by atoms with Crippen LogP contribution in [0, 0.1) is 5.92 Å². The lowest BCUT2D eigenvalue weighted by molar-refractivity contribution is -0.150. The number of likely N-dealkylation sites (tertiary alicyclic amines) is 1. The average Bonchev–Trinajstić information content (AvgIpc) is 2.34. The molecule has 1 saturated heterocycles. The minimum Gasteiger partial charge on any atom is -0.481 e. The van der Waals surface area contributed by atoms with Gasteiger partial charge in [0.2, 0.25) is 0 Å². The minimum atomic E-state index is -0.377. The van der Waals surface area contributed by atoms with Crippen molar-refractivity contribution < 1.29 is 9.90 Å². The van der Waals surface area contributed by atoms with Crippen molar-refractivity contribution in [3.8, 4) is 0 Å². The summed E-state index contributed by atoms with van der Waals surface area (Å²) in [5, 5.41) is 4.19. The number of carboxylic acid groups (broad SMARTS) is 1. The van der Waals surface area contributed by atoms with Crippen LogP contribution in [0.1, 0.15) is 53.4 Å². The number of rotatable bonds is 3. The fourth-order valence-corrected chi connectivity index (χ4v) is 2.99. The third-order valence-corrected chi connectivity index (χ3v) is 4.85. The number of piperidine rings is 1. The Kier molecular flexibility index (Phi) is 3.24. The first-order chi connectivity index (χ1) is 7.83. The number of hydrogen-bond acceptors (Lipinski definition) is 3. The van der Waals surface area contributed by atoms with Crippen molar-refractivity contribution in [2.24, 2.45) is 5.92 Å². The van der Waals surface area contributed by atoms with Crippen molar-refractivity contribution >= 4 is 5.97 Å². The molecule has 1 rings (SSSR count). The van der Waals surface area contributed by atoms with Crippen LogP contribution in [-0.2, 0) is 4.79 Å². The second kappa shape index (κ2) is 4.36. The molecular weight excluding hydrogens is 202 g/mol. The van der Waals surface area contributed by atoms with E-state index < -0.39 is 0 Å². The first-order valence-corrected chi connectivity index (χ1v) is 6.24. The maximum Gasteiger partial charge on any atom is 0.306 e. The molecule has 0 aromatic heterocycles. The summed E-state index contributed by atoms with van der Waals surface area (Å²) in [6.45, 7) is 8.70. The molecule has 3 heteroatoms. The van der Waals surface area contributed by atoms with Crippen molar-refractivity contribution in [1.82, 2.24) is 4.90 Å². The molecule has 16 heavy (non-hydrogen) atoms. The molecule has 0 saturated carbocycles. The second-order valence-electron chi connectivity index (χ2n) is 5.68. The normalized spacial score (nSPS) is 41.6. The molecule has 0 aromatic rings. The maximum absolute atomic E-state index is 11.7. The maximum atomic E-state index is 11.7. The number of carboxylic acids is 1. The average molecular weight is 229 g/mol. The van der Waals surface area contributed by atoms with Crippen LogP contribution < -0.4 is 0 Å². The predicted molar refractivity (Wildman–Crippen MR) is 65.5 cm³/mol. The van der Waals surface area contributed by atoms with Crippen LogP contribution in [0.15, 0.2) is 0 Å². The van der Waals surface area contributed by atoms with Gasteiger partial charge >= 0.3 is 5.97 Å². The lowest BCUT2D eigenvalue weighted by Gasteiger charge is -2.55. The van der Waals surface area contributed by atoms with Gasteiger partial charge in [0, 0.05) is 11.1 Å². The molecule has 2 atom stereocenters. The Bertz CT molecular complexity index is 277. The van der Waals surface area contributed by atoms with Crippen LogP contribution >= 0.6 is 0 Å². The molecule has 1 aliphatic rings. The monoisotopic (exact) mass is 229 g/mol. The molecule has 0 aliphatic carbocycles. The first-order valence-electron chi connectivity index (χ1n) is 6.64. The molecule has 0 radical (unpaired) electrons. The lowest BCUT2D eigenvalue weighted by Crippen LogP contribution is -2.61. The summed E-state index contributed by atoms with van der Waals surface area (Å²) in [5.74, 6) is -0.518. The van der Waals surface area contributed by atoms with E-state index in [0.29, 0.717) is 0 Å². The highest BCUT2D eigenvalue weighted by atomic mass is 16.4. The largest absolute Gasteiger partial charge is 0.481 e. The van der Waals surface area contributed by atoms with Gasteiger partial charge in [-0.25, -0.2) is 0 Å². The molecule has 94 valence electrons.